The molecule has 1 rings (SSSR count). The molecule has 1 amide bonds. The van der Waals surface area contributed by atoms with Crippen LogP contribution in [0.3, 0.4) is 0 Å². The van der Waals surface area contributed by atoms with Crippen LogP contribution in [0.5, 0.6) is 0 Å². The van der Waals surface area contributed by atoms with Crippen LogP contribution in [0.25, 0.3) is 0 Å². The molecule has 0 aromatic carbocycles. The number of carbonyl (C=O) groups is 2. The molecule has 1 aromatic rings. The molecule has 0 radical (unpaired) electrons. The van der Waals surface area contributed by atoms with Crippen molar-refractivity contribution in [3.05, 3.63) is 29.6 Å². The van der Waals surface area contributed by atoms with Gasteiger partial charge in [-0.15, -0.1) is 0 Å². The number of aromatic nitrogens is 1. The number of hydrogen-bond donors (Lipinski definition) is 2. The quantitative estimate of drug-likeness (QED) is 0.853. The van der Waals surface area contributed by atoms with E-state index in [0.29, 0.717) is 12.3 Å². The highest BCUT2D eigenvalue weighted by atomic mass is 19.1. The van der Waals surface area contributed by atoms with Gasteiger partial charge in [0.05, 0.1) is 6.20 Å². The molecule has 0 saturated heterocycles. The van der Waals surface area contributed by atoms with E-state index in [1.165, 1.54) is 0 Å². The molecule has 0 spiro atoms. The zero-order valence-corrected chi connectivity index (χ0v) is 10.5. The zero-order valence-electron chi connectivity index (χ0n) is 10.5. The van der Waals surface area contributed by atoms with Gasteiger partial charge in [-0.05, 0) is 12.3 Å². The maximum atomic E-state index is 13.3. The van der Waals surface area contributed by atoms with E-state index in [2.05, 4.69) is 10.3 Å². The number of carboxylic acids is 1. The minimum atomic E-state index is -1.22. The van der Waals surface area contributed by atoms with E-state index in [1.54, 1.807) is 13.8 Å². The molecule has 5 nitrogen and oxygen atoms in total. The van der Waals surface area contributed by atoms with Gasteiger partial charge in [-0.2, -0.15) is 0 Å². The third-order valence-corrected chi connectivity index (χ3v) is 2.33. The molecule has 19 heavy (non-hydrogen) atoms. The van der Waals surface area contributed by atoms with Gasteiger partial charge in [0, 0.05) is 6.07 Å². The zero-order chi connectivity index (χ0) is 14.6. The summed E-state index contributed by atoms with van der Waals surface area (Å²) in [6, 6.07) is -0.626. The van der Waals surface area contributed by atoms with Crippen LogP contribution in [0.1, 0.15) is 30.8 Å². The van der Waals surface area contributed by atoms with Crippen LogP contribution in [0.4, 0.5) is 8.78 Å². The second kappa shape index (κ2) is 6.21. The van der Waals surface area contributed by atoms with E-state index in [-0.39, 0.29) is 12.3 Å². The molecule has 0 aliphatic heterocycles. The SMILES string of the molecule is CC(C)CC(NC(=O)c1ncc(F)cc1F)C(=O)O. The highest BCUT2D eigenvalue weighted by Crippen LogP contribution is 2.09. The summed E-state index contributed by atoms with van der Waals surface area (Å²) in [4.78, 5) is 25.9. The van der Waals surface area contributed by atoms with Gasteiger partial charge in [0.1, 0.15) is 11.9 Å². The Morgan fingerprint density at radius 3 is 2.53 bits per heavy atom. The third-order valence-electron chi connectivity index (χ3n) is 2.33. The molecule has 0 fully saturated rings. The summed E-state index contributed by atoms with van der Waals surface area (Å²) in [6.07, 6.45) is 0.889. The van der Waals surface area contributed by atoms with E-state index in [1.807, 2.05) is 0 Å². The number of pyridine rings is 1. The molecule has 0 aliphatic carbocycles. The van der Waals surface area contributed by atoms with Crippen molar-refractivity contribution in [2.24, 2.45) is 5.92 Å². The lowest BCUT2D eigenvalue weighted by molar-refractivity contribution is -0.139. The fraction of sp³-hybridized carbons (Fsp3) is 0.417. The summed E-state index contributed by atoms with van der Waals surface area (Å²) in [5.74, 6) is -4.21. The topological polar surface area (TPSA) is 79.3 Å². The second-order valence-corrected chi connectivity index (χ2v) is 4.48. The number of carbonyl (C=O) groups excluding carboxylic acids is 1. The van der Waals surface area contributed by atoms with Crippen molar-refractivity contribution in [2.75, 3.05) is 0 Å². The molecule has 1 atom stereocenters. The Morgan fingerprint density at radius 1 is 1.42 bits per heavy atom. The third kappa shape index (κ3) is 4.27. The first kappa shape index (κ1) is 15.0. The van der Waals surface area contributed by atoms with Gasteiger partial charge >= 0.3 is 5.97 Å². The number of rotatable bonds is 5. The number of nitrogens with one attached hydrogen (secondary N) is 1. The molecule has 2 N–H and O–H groups in total. The fourth-order valence-electron chi connectivity index (χ4n) is 1.50. The van der Waals surface area contributed by atoms with Crippen LogP contribution < -0.4 is 5.32 Å². The Labute approximate surface area is 108 Å². The summed E-state index contributed by atoms with van der Waals surface area (Å²) in [5.41, 5.74) is -0.628. The largest absolute Gasteiger partial charge is 0.480 e. The van der Waals surface area contributed by atoms with Gasteiger partial charge in [-0.25, -0.2) is 18.6 Å². The smallest absolute Gasteiger partial charge is 0.326 e. The van der Waals surface area contributed by atoms with Gasteiger partial charge in [0.25, 0.3) is 5.91 Å². The van der Waals surface area contributed by atoms with Crippen molar-refractivity contribution in [3.8, 4) is 0 Å². The summed E-state index contributed by atoms with van der Waals surface area (Å²) in [7, 11) is 0. The van der Waals surface area contributed by atoms with Crippen molar-refractivity contribution in [1.82, 2.24) is 10.3 Å². The molecule has 7 heteroatoms. The van der Waals surface area contributed by atoms with Crippen molar-refractivity contribution in [2.45, 2.75) is 26.3 Å². The Bertz CT molecular complexity index is 492. The van der Waals surface area contributed by atoms with Gasteiger partial charge < -0.3 is 10.4 Å². The number of nitrogens with zero attached hydrogens (tertiary/aromatic N) is 1. The maximum Gasteiger partial charge on any atom is 0.326 e. The summed E-state index contributed by atoms with van der Waals surface area (Å²) in [6.45, 7) is 3.58. The number of halogens is 2. The molecule has 0 aliphatic rings. The lowest BCUT2D eigenvalue weighted by Gasteiger charge is -2.16. The molecular weight excluding hydrogens is 258 g/mol. The molecular formula is C12H14F2N2O3. The van der Waals surface area contributed by atoms with Gasteiger partial charge in [-0.3, -0.25) is 4.79 Å². The van der Waals surface area contributed by atoms with Gasteiger partial charge in [-0.1, -0.05) is 13.8 Å². The van der Waals surface area contributed by atoms with E-state index < -0.39 is 35.2 Å². The van der Waals surface area contributed by atoms with Crippen LogP contribution in [0.2, 0.25) is 0 Å². The van der Waals surface area contributed by atoms with Crippen molar-refractivity contribution in [1.29, 1.82) is 0 Å². The fourth-order valence-corrected chi connectivity index (χ4v) is 1.50. The molecule has 1 unspecified atom stereocenters. The molecule has 0 saturated carbocycles. The van der Waals surface area contributed by atoms with Crippen LogP contribution in [-0.4, -0.2) is 28.0 Å². The summed E-state index contributed by atoms with van der Waals surface area (Å²) in [5, 5.41) is 11.1. The van der Waals surface area contributed by atoms with Crippen LogP contribution in [0.15, 0.2) is 12.3 Å². The van der Waals surface area contributed by atoms with E-state index >= 15 is 0 Å². The van der Waals surface area contributed by atoms with Crippen molar-refractivity contribution < 1.29 is 23.5 Å². The highest BCUT2D eigenvalue weighted by Gasteiger charge is 2.24. The van der Waals surface area contributed by atoms with Crippen LogP contribution in [-0.2, 0) is 4.79 Å². The number of amides is 1. The van der Waals surface area contributed by atoms with E-state index in [4.69, 9.17) is 5.11 Å². The lowest BCUT2D eigenvalue weighted by atomic mass is 10.0. The predicted molar refractivity (Wildman–Crippen MR) is 62.5 cm³/mol. The molecule has 104 valence electrons. The maximum absolute atomic E-state index is 13.3. The van der Waals surface area contributed by atoms with E-state index in [9.17, 15) is 18.4 Å². The number of hydrogen-bond acceptors (Lipinski definition) is 3. The minimum Gasteiger partial charge on any atom is -0.480 e. The average Bonchev–Trinajstić information content (AvgIpc) is 2.26. The Morgan fingerprint density at radius 2 is 2.05 bits per heavy atom. The first-order valence-electron chi connectivity index (χ1n) is 5.66. The van der Waals surface area contributed by atoms with Crippen LogP contribution >= 0.6 is 0 Å². The lowest BCUT2D eigenvalue weighted by Crippen LogP contribution is -2.42. The summed E-state index contributed by atoms with van der Waals surface area (Å²) >= 11 is 0. The minimum absolute atomic E-state index is 0.0347. The van der Waals surface area contributed by atoms with Gasteiger partial charge in [0.2, 0.25) is 0 Å². The Kier molecular flexibility index (Phi) is 4.91. The van der Waals surface area contributed by atoms with E-state index in [0.717, 1.165) is 0 Å². The monoisotopic (exact) mass is 272 g/mol. The Hall–Kier alpha value is -2.05. The van der Waals surface area contributed by atoms with Crippen LogP contribution in [0, 0.1) is 17.6 Å². The standard InChI is InChI=1S/C12H14F2N2O3/c1-6(2)3-9(12(18)19)16-11(17)10-8(14)4-7(13)5-15-10/h4-6,9H,3H2,1-2H3,(H,16,17)(H,18,19). The summed E-state index contributed by atoms with van der Waals surface area (Å²) < 4.78 is 25.9. The second-order valence-electron chi connectivity index (χ2n) is 4.48. The van der Waals surface area contributed by atoms with Gasteiger partial charge in [0.15, 0.2) is 11.5 Å². The predicted octanol–water partition coefficient (Wildman–Crippen LogP) is 1.59. The Balaban J connectivity index is 2.84. The molecule has 1 aromatic heterocycles. The normalized spacial score (nSPS) is 12.3. The number of carboxylic acid groups (broad SMARTS) is 1. The highest BCUT2D eigenvalue weighted by molar-refractivity contribution is 5.95. The first-order chi connectivity index (χ1) is 8.81. The van der Waals surface area contributed by atoms with Crippen molar-refractivity contribution in [3.63, 3.8) is 0 Å². The molecule has 0 bridgehead atoms. The molecule has 1 heterocycles. The first-order valence-corrected chi connectivity index (χ1v) is 5.66. The number of aliphatic carboxylic acids is 1. The average molecular weight is 272 g/mol. The van der Waals surface area contributed by atoms with Crippen molar-refractivity contribution >= 4 is 11.9 Å².